The standard InChI is InChI=1S/C30H43ClN6O3S/c1-4-5-6-7-8-13-28(38)37-19-18-36(21-23(37)2)27-20-26(31)32-30(33-27)41-22-29(39)35-16-14-34(15-17-35)24-11-9-10-12-25(24)40-3/h9-12,20,23H,4-8,13-19,21-22H2,1-3H3. The van der Waals surface area contributed by atoms with Gasteiger partial charge in [-0.3, -0.25) is 9.59 Å². The summed E-state index contributed by atoms with van der Waals surface area (Å²) in [6.07, 6.45) is 6.35. The van der Waals surface area contributed by atoms with Gasteiger partial charge in [0.2, 0.25) is 11.8 Å². The first-order valence-electron chi connectivity index (χ1n) is 14.8. The highest BCUT2D eigenvalue weighted by Crippen LogP contribution is 2.29. The number of anilines is 2. The van der Waals surface area contributed by atoms with Gasteiger partial charge in [0.15, 0.2) is 5.16 Å². The third-order valence-corrected chi connectivity index (χ3v) is 8.84. The molecular formula is C30H43ClN6O3S. The van der Waals surface area contributed by atoms with Gasteiger partial charge in [-0.05, 0) is 25.5 Å². The summed E-state index contributed by atoms with van der Waals surface area (Å²) in [5, 5.41) is 0.848. The van der Waals surface area contributed by atoms with E-state index in [9.17, 15) is 9.59 Å². The summed E-state index contributed by atoms with van der Waals surface area (Å²) in [6.45, 7) is 9.14. The third-order valence-electron chi connectivity index (χ3n) is 7.81. The fraction of sp³-hybridized carbons (Fsp3) is 0.600. The van der Waals surface area contributed by atoms with Crippen LogP contribution in [0.1, 0.15) is 52.4 Å². The van der Waals surface area contributed by atoms with Crippen molar-refractivity contribution in [2.45, 2.75) is 63.6 Å². The number of methoxy groups -OCH3 is 1. The lowest BCUT2D eigenvalue weighted by Gasteiger charge is -2.40. The highest BCUT2D eigenvalue weighted by molar-refractivity contribution is 7.99. The molecule has 1 aromatic carbocycles. The summed E-state index contributed by atoms with van der Waals surface area (Å²) in [4.78, 5) is 43.2. The van der Waals surface area contributed by atoms with Crippen molar-refractivity contribution < 1.29 is 14.3 Å². The molecule has 9 nitrogen and oxygen atoms in total. The van der Waals surface area contributed by atoms with Gasteiger partial charge >= 0.3 is 0 Å². The van der Waals surface area contributed by atoms with E-state index in [1.807, 2.05) is 34.1 Å². The minimum atomic E-state index is 0.0650. The molecule has 1 unspecified atom stereocenters. The number of aromatic nitrogens is 2. The Kier molecular flexibility index (Phi) is 11.8. The molecule has 1 atom stereocenters. The van der Waals surface area contributed by atoms with Crippen LogP contribution in [0.3, 0.4) is 0 Å². The van der Waals surface area contributed by atoms with E-state index in [-0.39, 0.29) is 23.6 Å². The van der Waals surface area contributed by atoms with Crippen LogP contribution in [-0.4, -0.2) is 96.3 Å². The fourth-order valence-electron chi connectivity index (χ4n) is 5.48. The van der Waals surface area contributed by atoms with E-state index in [0.717, 1.165) is 43.2 Å². The van der Waals surface area contributed by atoms with Crippen molar-refractivity contribution >= 4 is 46.7 Å². The molecule has 0 bridgehead atoms. The van der Waals surface area contributed by atoms with Crippen molar-refractivity contribution in [3.05, 3.63) is 35.5 Å². The van der Waals surface area contributed by atoms with Crippen molar-refractivity contribution in [3.63, 3.8) is 0 Å². The van der Waals surface area contributed by atoms with Gasteiger partial charge < -0.3 is 24.3 Å². The van der Waals surface area contributed by atoms with E-state index >= 15 is 0 Å². The van der Waals surface area contributed by atoms with E-state index < -0.39 is 0 Å². The predicted octanol–water partition coefficient (Wildman–Crippen LogP) is 4.98. The number of rotatable bonds is 12. The zero-order valence-electron chi connectivity index (χ0n) is 24.6. The number of benzene rings is 1. The second-order valence-electron chi connectivity index (χ2n) is 10.7. The molecule has 2 aliphatic rings. The first-order chi connectivity index (χ1) is 19.9. The van der Waals surface area contributed by atoms with E-state index in [0.29, 0.717) is 49.5 Å². The summed E-state index contributed by atoms with van der Waals surface area (Å²) in [5.41, 5.74) is 1.05. The van der Waals surface area contributed by atoms with Crippen LogP contribution in [0, 0.1) is 0 Å². The number of halogens is 1. The molecule has 3 heterocycles. The quantitative estimate of drug-likeness (QED) is 0.146. The number of unbranched alkanes of at least 4 members (excludes halogenated alkanes) is 4. The lowest BCUT2D eigenvalue weighted by atomic mass is 10.1. The van der Waals surface area contributed by atoms with E-state index in [4.69, 9.17) is 21.3 Å². The van der Waals surface area contributed by atoms with Crippen LogP contribution in [0.25, 0.3) is 0 Å². The van der Waals surface area contributed by atoms with E-state index in [2.05, 4.69) is 28.6 Å². The number of nitrogens with zero attached hydrogens (tertiary/aromatic N) is 6. The minimum absolute atomic E-state index is 0.0650. The number of piperazine rings is 2. The van der Waals surface area contributed by atoms with Gasteiger partial charge in [0.25, 0.3) is 0 Å². The van der Waals surface area contributed by atoms with Crippen LogP contribution in [0.4, 0.5) is 11.5 Å². The number of hydrogen-bond donors (Lipinski definition) is 0. The normalized spacial score (nSPS) is 17.6. The number of thioether (sulfide) groups is 1. The number of carbonyl (C=O) groups excluding carboxylic acids is 2. The molecule has 2 aromatic rings. The van der Waals surface area contributed by atoms with Gasteiger partial charge in [-0.2, -0.15) is 0 Å². The van der Waals surface area contributed by atoms with Crippen molar-refractivity contribution in [2.24, 2.45) is 0 Å². The lowest BCUT2D eigenvalue weighted by Crippen LogP contribution is -2.54. The number of carbonyl (C=O) groups is 2. The smallest absolute Gasteiger partial charge is 0.233 e. The molecule has 1 aromatic heterocycles. The van der Waals surface area contributed by atoms with Crippen molar-refractivity contribution in [1.82, 2.24) is 19.8 Å². The summed E-state index contributed by atoms with van der Waals surface area (Å²) >= 11 is 7.69. The van der Waals surface area contributed by atoms with Crippen molar-refractivity contribution in [3.8, 4) is 5.75 Å². The Hall–Kier alpha value is -2.72. The number of para-hydroxylation sites is 2. The van der Waals surface area contributed by atoms with Gasteiger partial charge in [-0.15, -0.1) is 0 Å². The summed E-state index contributed by atoms with van der Waals surface area (Å²) in [7, 11) is 1.68. The summed E-state index contributed by atoms with van der Waals surface area (Å²) in [6, 6.07) is 9.83. The first-order valence-corrected chi connectivity index (χ1v) is 16.1. The summed E-state index contributed by atoms with van der Waals surface area (Å²) in [5.74, 6) is 2.15. The molecule has 0 radical (unpaired) electrons. The minimum Gasteiger partial charge on any atom is -0.495 e. The molecule has 2 amide bonds. The highest BCUT2D eigenvalue weighted by Gasteiger charge is 2.28. The molecule has 41 heavy (non-hydrogen) atoms. The van der Waals surface area contributed by atoms with Crippen LogP contribution in [0.5, 0.6) is 5.75 Å². The Bertz CT molecular complexity index is 1160. The molecule has 2 aliphatic heterocycles. The zero-order chi connectivity index (χ0) is 29.2. The fourth-order valence-corrected chi connectivity index (χ4v) is 6.46. The molecule has 0 aliphatic carbocycles. The van der Waals surface area contributed by atoms with Crippen LogP contribution >= 0.6 is 23.4 Å². The van der Waals surface area contributed by atoms with E-state index in [1.165, 1.54) is 31.0 Å². The average molecular weight is 603 g/mol. The average Bonchev–Trinajstić information content (AvgIpc) is 2.99. The van der Waals surface area contributed by atoms with Crippen LogP contribution in [0.2, 0.25) is 5.15 Å². The van der Waals surface area contributed by atoms with Crippen LogP contribution < -0.4 is 14.5 Å². The lowest BCUT2D eigenvalue weighted by molar-refractivity contribution is -0.133. The maximum absolute atomic E-state index is 13.0. The molecule has 0 N–H and O–H groups in total. The largest absolute Gasteiger partial charge is 0.495 e. The van der Waals surface area contributed by atoms with Crippen molar-refractivity contribution in [2.75, 3.05) is 68.5 Å². The van der Waals surface area contributed by atoms with Gasteiger partial charge in [0, 0.05) is 64.3 Å². The van der Waals surface area contributed by atoms with Gasteiger partial charge in [0.1, 0.15) is 16.7 Å². The number of hydrogen-bond acceptors (Lipinski definition) is 8. The number of ether oxygens (including phenoxy) is 1. The Morgan fingerprint density at radius 1 is 0.976 bits per heavy atom. The molecule has 4 rings (SSSR count). The monoisotopic (exact) mass is 602 g/mol. The molecule has 2 fully saturated rings. The molecular weight excluding hydrogens is 560 g/mol. The van der Waals surface area contributed by atoms with Crippen LogP contribution in [-0.2, 0) is 9.59 Å². The second kappa shape index (κ2) is 15.5. The predicted molar refractivity (Wildman–Crippen MR) is 166 cm³/mol. The van der Waals surface area contributed by atoms with Gasteiger partial charge in [0.05, 0.1) is 18.6 Å². The second-order valence-corrected chi connectivity index (χ2v) is 12.0. The SMILES string of the molecule is CCCCCCCC(=O)N1CCN(c2cc(Cl)nc(SCC(=O)N3CCN(c4ccccc4OC)CC3)n2)CC1C. The third kappa shape index (κ3) is 8.64. The zero-order valence-corrected chi connectivity index (χ0v) is 26.1. The van der Waals surface area contributed by atoms with E-state index in [1.54, 1.807) is 13.2 Å². The first kappa shape index (κ1) is 31.2. The number of amides is 2. The Balaban J connectivity index is 1.26. The Morgan fingerprint density at radius 2 is 1.71 bits per heavy atom. The molecule has 0 saturated carbocycles. The Labute approximate surface area is 253 Å². The Morgan fingerprint density at radius 3 is 2.44 bits per heavy atom. The maximum Gasteiger partial charge on any atom is 0.233 e. The topological polar surface area (TPSA) is 82.1 Å². The van der Waals surface area contributed by atoms with Crippen LogP contribution in [0.15, 0.2) is 35.5 Å². The molecule has 224 valence electrons. The van der Waals surface area contributed by atoms with Gasteiger partial charge in [-0.1, -0.05) is 68.1 Å². The molecule has 2 saturated heterocycles. The van der Waals surface area contributed by atoms with Gasteiger partial charge in [-0.25, -0.2) is 9.97 Å². The highest BCUT2D eigenvalue weighted by atomic mass is 35.5. The molecule has 11 heteroatoms. The molecule has 0 spiro atoms. The van der Waals surface area contributed by atoms with Crippen molar-refractivity contribution in [1.29, 1.82) is 0 Å². The summed E-state index contributed by atoms with van der Waals surface area (Å²) < 4.78 is 5.50. The maximum atomic E-state index is 13.0.